The zero-order valence-corrected chi connectivity index (χ0v) is 7.88. The summed E-state index contributed by atoms with van der Waals surface area (Å²) < 4.78 is 0. The van der Waals surface area contributed by atoms with Gasteiger partial charge < -0.3 is 4.90 Å². The molecule has 0 aromatic rings. The molecule has 0 N–H and O–H groups in total. The van der Waals surface area contributed by atoms with E-state index in [9.17, 15) is 0 Å². The SMILES string of the molecule is CCC1C[C@@H]2C[C@H]1[C@@H](C)N2C. The molecule has 0 aromatic heterocycles. The molecule has 1 unspecified atom stereocenters. The highest BCUT2D eigenvalue weighted by Gasteiger charge is 2.46. The standard InChI is InChI=1S/C10H19N/c1-4-8-5-9-6-10(8)7(2)11(9)3/h7-10H,4-6H2,1-3H3/t7-,8?,9-,10+/m1/s1. The lowest BCUT2D eigenvalue weighted by molar-refractivity contribution is 0.142. The molecule has 2 bridgehead atoms. The van der Waals surface area contributed by atoms with Gasteiger partial charge in [0.25, 0.3) is 0 Å². The van der Waals surface area contributed by atoms with Crippen LogP contribution in [0.2, 0.25) is 0 Å². The van der Waals surface area contributed by atoms with Gasteiger partial charge in [0.1, 0.15) is 0 Å². The van der Waals surface area contributed by atoms with Crippen molar-refractivity contribution < 1.29 is 0 Å². The summed E-state index contributed by atoms with van der Waals surface area (Å²) in [6.45, 7) is 4.74. The lowest BCUT2D eigenvalue weighted by Crippen LogP contribution is -2.38. The van der Waals surface area contributed by atoms with Crippen molar-refractivity contribution in [2.24, 2.45) is 11.8 Å². The number of fused-ring (bicyclic) bond motifs is 2. The van der Waals surface area contributed by atoms with Crippen LogP contribution in [0.4, 0.5) is 0 Å². The molecule has 1 nitrogen and oxygen atoms in total. The van der Waals surface area contributed by atoms with Crippen LogP contribution in [0, 0.1) is 11.8 Å². The number of hydrogen-bond donors (Lipinski definition) is 0. The first kappa shape index (κ1) is 7.60. The summed E-state index contributed by atoms with van der Waals surface area (Å²) in [5.74, 6) is 2.07. The van der Waals surface area contributed by atoms with E-state index in [-0.39, 0.29) is 0 Å². The smallest absolute Gasteiger partial charge is 0.0101 e. The maximum absolute atomic E-state index is 2.58. The van der Waals surface area contributed by atoms with Gasteiger partial charge in [-0.1, -0.05) is 13.3 Å². The molecule has 2 fully saturated rings. The zero-order valence-electron chi connectivity index (χ0n) is 7.88. The van der Waals surface area contributed by atoms with E-state index < -0.39 is 0 Å². The molecular formula is C10H19N. The second kappa shape index (κ2) is 2.48. The Kier molecular flexibility index (Phi) is 1.71. The van der Waals surface area contributed by atoms with Gasteiger partial charge in [0.05, 0.1) is 0 Å². The molecule has 11 heavy (non-hydrogen) atoms. The quantitative estimate of drug-likeness (QED) is 0.558. The van der Waals surface area contributed by atoms with Crippen LogP contribution in [0.5, 0.6) is 0 Å². The molecule has 1 heterocycles. The number of piperidine rings is 1. The van der Waals surface area contributed by atoms with Crippen molar-refractivity contribution in [3.05, 3.63) is 0 Å². The molecule has 0 aromatic carbocycles. The molecular weight excluding hydrogens is 134 g/mol. The van der Waals surface area contributed by atoms with Gasteiger partial charge in [-0.25, -0.2) is 0 Å². The van der Waals surface area contributed by atoms with Crippen LogP contribution in [0.1, 0.15) is 33.1 Å². The van der Waals surface area contributed by atoms with Crippen molar-refractivity contribution in [1.29, 1.82) is 0 Å². The molecule has 4 atom stereocenters. The Labute approximate surface area is 69.8 Å². The average Bonchev–Trinajstić information content (AvgIpc) is 2.53. The summed E-state index contributed by atoms with van der Waals surface area (Å²) in [7, 11) is 2.29. The van der Waals surface area contributed by atoms with Crippen LogP contribution in [-0.2, 0) is 0 Å². The monoisotopic (exact) mass is 153 g/mol. The Balaban J connectivity index is 2.10. The van der Waals surface area contributed by atoms with Crippen molar-refractivity contribution in [3.63, 3.8) is 0 Å². The van der Waals surface area contributed by atoms with E-state index in [1.807, 2.05) is 0 Å². The Morgan fingerprint density at radius 3 is 2.55 bits per heavy atom. The Hall–Kier alpha value is -0.0400. The second-order valence-electron chi connectivity index (χ2n) is 4.36. The highest BCUT2D eigenvalue weighted by atomic mass is 15.2. The fraction of sp³-hybridized carbons (Fsp3) is 1.00. The molecule has 0 spiro atoms. The fourth-order valence-electron chi connectivity index (χ4n) is 3.15. The van der Waals surface area contributed by atoms with Crippen LogP contribution in [-0.4, -0.2) is 24.0 Å². The van der Waals surface area contributed by atoms with Gasteiger partial charge in [0.2, 0.25) is 0 Å². The second-order valence-corrected chi connectivity index (χ2v) is 4.36. The third kappa shape index (κ3) is 0.936. The van der Waals surface area contributed by atoms with Crippen LogP contribution in [0.15, 0.2) is 0 Å². The zero-order chi connectivity index (χ0) is 8.01. The van der Waals surface area contributed by atoms with Crippen LogP contribution in [0.25, 0.3) is 0 Å². The highest BCUT2D eigenvalue weighted by molar-refractivity contribution is 5.00. The summed E-state index contributed by atoms with van der Waals surface area (Å²) in [5.41, 5.74) is 0. The summed E-state index contributed by atoms with van der Waals surface area (Å²) in [5, 5.41) is 0. The maximum Gasteiger partial charge on any atom is 0.0101 e. The van der Waals surface area contributed by atoms with E-state index in [1.54, 1.807) is 0 Å². The van der Waals surface area contributed by atoms with Crippen LogP contribution in [0.3, 0.4) is 0 Å². The first-order chi connectivity index (χ1) is 5.24. The van der Waals surface area contributed by atoms with Crippen molar-refractivity contribution in [2.45, 2.75) is 45.2 Å². The molecule has 1 saturated carbocycles. The summed E-state index contributed by atoms with van der Waals surface area (Å²) in [6.07, 6.45) is 4.36. The topological polar surface area (TPSA) is 3.24 Å². The van der Waals surface area contributed by atoms with Gasteiger partial charge in [-0.15, -0.1) is 0 Å². The lowest BCUT2D eigenvalue weighted by atomic mass is 9.87. The van der Waals surface area contributed by atoms with Gasteiger partial charge in [-0.2, -0.15) is 0 Å². The van der Waals surface area contributed by atoms with Crippen molar-refractivity contribution >= 4 is 0 Å². The molecule has 64 valence electrons. The van der Waals surface area contributed by atoms with Gasteiger partial charge in [0, 0.05) is 12.1 Å². The van der Waals surface area contributed by atoms with Gasteiger partial charge in [-0.05, 0) is 38.6 Å². The van der Waals surface area contributed by atoms with Gasteiger partial charge >= 0.3 is 0 Å². The Morgan fingerprint density at radius 1 is 1.36 bits per heavy atom. The number of nitrogens with zero attached hydrogens (tertiary/aromatic N) is 1. The molecule has 2 aliphatic rings. The Bertz CT molecular complexity index is 149. The first-order valence-corrected chi connectivity index (χ1v) is 4.96. The van der Waals surface area contributed by atoms with E-state index in [2.05, 4.69) is 25.8 Å². The molecule has 1 saturated heterocycles. The number of likely N-dealkylation sites (tertiary alicyclic amines) is 1. The van der Waals surface area contributed by atoms with Crippen molar-refractivity contribution in [2.75, 3.05) is 7.05 Å². The predicted molar refractivity (Wildman–Crippen MR) is 47.5 cm³/mol. The van der Waals surface area contributed by atoms with Crippen LogP contribution < -0.4 is 0 Å². The average molecular weight is 153 g/mol. The van der Waals surface area contributed by atoms with E-state index in [1.165, 1.54) is 19.3 Å². The third-order valence-electron chi connectivity index (χ3n) is 4.09. The lowest BCUT2D eigenvalue weighted by Gasteiger charge is -2.34. The maximum atomic E-state index is 2.58. The number of rotatable bonds is 1. The first-order valence-electron chi connectivity index (χ1n) is 4.96. The summed E-state index contributed by atoms with van der Waals surface area (Å²) in [6, 6.07) is 1.79. The summed E-state index contributed by atoms with van der Waals surface area (Å²) in [4.78, 5) is 2.58. The molecule has 0 amide bonds. The van der Waals surface area contributed by atoms with E-state index in [4.69, 9.17) is 0 Å². The molecule has 1 aliphatic carbocycles. The Morgan fingerprint density at radius 2 is 2.09 bits per heavy atom. The molecule has 1 heteroatoms. The highest BCUT2D eigenvalue weighted by Crippen LogP contribution is 2.46. The normalized spacial score (nSPS) is 50.5. The number of hydrogen-bond acceptors (Lipinski definition) is 1. The third-order valence-corrected chi connectivity index (χ3v) is 4.09. The van der Waals surface area contributed by atoms with E-state index in [0.29, 0.717) is 0 Å². The minimum atomic E-state index is 0.860. The molecule has 1 aliphatic heterocycles. The van der Waals surface area contributed by atoms with Crippen LogP contribution >= 0.6 is 0 Å². The fourth-order valence-corrected chi connectivity index (χ4v) is 3.15. The summed E-state index contributed by atoms with van der Waals surface area (Å²) >= 11 is 0. The van der Waals surface area contributed by atoms with Gasteiger partial charge in [-0.3, -0.25) is 0 Å². The van der Waals surface area contributed by atoms with Crippen molar-refractivity contribution in [1.82, 2.24) is 4.90 Å². The minimum absolute atomic E-state index is 0.860. The van der Waals surface area contributed by atoms with Crippen molar-refractivity contribution in [3.8, 4) is 0 Å². The van der Waals surface area contributed by atoms with E-state index >= 15 is 0 Å². The van der Waals surface area contributed by atoms with E-state index in [0.717, 1.165) is 23.9 Å². The molecule has 0 radical (unpaired) electrons. The molecule has 2 rings (SSSR count). The largest absolute Gasteiger partial charge is 0.300 e. The van der Waals surface area contributed by atoms with Gasteiger partial charge in [0.15, 0.2) is 0 Å². The minimum Gasteiger partial charge on any atom is -0.300 e. The predicted octanol–water partition coefficient (Wildman–Crippen LogP) is 2.13.